The Hall–Kier alpha value is -1.39. The van der Waals surface area contributed by atoms with Crippen molar-refractivity contribution in [1.82, 2.24) is 9.80 Å². The van der Waals surface area contributed by atoms with Crippen LogP contribution in [0.15, 0.2) is 18.2 Å². The summed E-state index contributed by atoms with van der Waals surface area (Å²) in [7, 11) is 0. The molecule has 25 heavy (non-hydrogen) atoms. The number of likely N-dealkylation sites (tertiary alicyclic amines) is 1. The summed E-state index contributed by atoms with van der Waals surface area (Å²) in [5.74, 6) is 0.251. The average Bonchev–Trinajstić information content (AvgIpc) is 3.14. The van der Waals surface area contributed by atoms with Crippen LogP contribution in [-0.2, 0) is 17.6 Å². The Morgan fingerprint density at radius 1 is 1.04 bits per heavy atom. The SMILES string of the molecule is O=C(c1ccc2c(c1)CCC2)N1CCCC[C@@H]1CCN1CCOCC1. The molecule has 3 aliphatic rings. The number of carbonyl (C=O) groups excluding carboxylic acids is 1. The van der Waals surface area contributed by atoms with E-state index in [4.69, 9.17) is 4.74 Å². The highest BCUT2D eigenvalue weighted by molar-refractivity contribution is 5.94. The van der Waals surface area contributed by atoms with Crippen LogP contribution in [0.3, 0.4) is 0 Å². The molecule has 0 spiro atoms. The molecule has 2 saturated heterocycles. The Labute approximate surface area is 151 Å². The van der Waals surface area contributed by atoms with E-state index < -0.39 is 0 Å². The number of amides is 1. The highest BCUT2D eigenvalue weighted by Gasteiger charge is 2.28. The van der Waals surface area contributed by atoms with Gasteiger partial charge in [-0.1, -0.05) is 6.07 Å². The van der Waals surface area contributed by atoms with Crippen molar-refractivity contribution in [2.75, 3.05) is 39.4 Å². The summed E-state index contributed by atoms with van der Waals surface area (Å²) >= 11 is 0. The van der Waals surface area contributed by atoms with Crippen LogP contribution >= 0.6 is 0 Å². The molecule has 1 amide bonds. The summed E-state index contributed by atoms with van der Waals surface area (Å²) in [5.41, 5.74) is 3.74. The molecule has 2 heterocycles. The number of hydrogen-bond donors (Lipinski definition) is 0. The third-order valence-electron chi connectivity index (χ3n) is 6.12. The predicted molar refractivity (Wildman–Crippen MR) is 99.0 cm³/mol. The molecule has 0 bridgehead atoms. The molecule has 0 unspecified atom stereocenters. The lowest BCUT2D eigenvalue weighted by Crippen LogP contribution is -2.46. The van der Waals surface area contributed by atoms with Gasteiger partial charge in [0.15, 0.2) is 0 Å². The van der Waals surface area contributed by atoms with E-state index in [1.165, 1.54) is 30.4 Å². The summed E-state index contributed by atoms with van der Waals surface area (Å²) in [6.45, 7) is 5.77. The molecule has 0 radical (unpaired) electrons. The predicted octanol–water partition coefficient (Wildman–Crippen LogP) is 2.89. The molecule has 1 aromatic carbocycles. The summed E-state index contributed by atoms with van der Waals surface area (Å²) in [4.78, 5) is 17.8. The molecule has 1 aromatic rings. The second kappa shape index (κ2) is 7.88. The zero-order valence-electron chi connectivity index (χ0n) is 15.2. The molecule has 136 valence electrons. The van der Waals surface area contributed by atoms with Gasteiger partial charge in [0.05, 0.1) is 13.2 Å². The molecule has 0 aromatic heterocycles. The first-order chi connectivity index (χ1) is 12.3. The minimum Gasteiger partial charge on any atom is -0.379 e. The molecule has 0 N–H and O–H groups in total. The van der Waals surface area contributed by atoms with Gasteiger partial charge in [-0.2, -0.15) is 0 Å². The van der Waals surface area contributed by atoms with E-state index in [9.17, 15) is 4.79 Å². The molecule has 1 aliphatic carbocycles. The molecular formula is C21H30N2O2. The fourth-order valence-corrected chi connectivity index (χ4v) is 4.60. The van der Waals surface area contributed by atoms with Crippen LogP contribution < -0.4 is 0 Å². The minimum absolute atomic E-state index is 0.251. The molecule has 2 fully saturated rings. The molecule has 0 saturated carbocycles. The van der Waals surface area contributed by atoms with Gasteiger partial charge in [0, 0.05) is 37.8 Å². The van der Waals surface area contributed by atoms with Crippen LogP contribution in [-0.4, -0.2) is 61.1 Å². The van der Waals surface area contributed by atoms with Gasteiger partial charge in [-0.15, -0.1) is 0 Å². The van der Waals surface area contributed by atoms with E-state index in [0.717, 1.165) is 70.6 Å². The topological polar surface area (TPSA) is 32.8 Å². The minimum atomic E-state index is 0.251. The monoisotopic (exact) mass is 342 g/mol. The molecule has 4 heteroatoms. The number of hydrogen-bond acceptors (Lipinski definition) is 3. The van der Waals surface area contributed by atoms with Crippen molar-refractivity contribution < 1.29 is 9.53 Å². The van der Waals surface area contributed by atoms with Gasteiger partial charge in [0.2, 0.25) is 0 Å². The molecule has 4 nitrogen and oxygen atoms in total. The van der Waals surface area contributed by atoms with E-state index >= 15 is 0 Å². The van der Waals surface area contributed by atoms with Crippen LogP contribution in [0.4, 0.5) is 0 Å². The first-order valence-corrected chi connectivity index (χ1v) is 10.0. The Morgan fingerprint density at radius 3 is 2.76 bits per heavy atom. The smallest absolute Gasteiger partial charge is 0.254 e. The Morgan fingerprint density at radius 2 is 1.88 bits per heavy atom. The van der Waals surface area contributed by atoms with Crippen molar-refractivity contribution in [3.05, 3.63) is 34.9 Å². The van der Waals surface area contributed by atoms with Crippen LogP contribution in [0, 0.1) is 0 Å². The maximum atomic E-state index is 13.2. The van der Waals surface area contributed by atoms with Crippen molar-refractivity contribution >= 4 is 5.91 Å². The molecule has 1 atom stereocenters. The van der Waals surface area contributed by atoms with E-state index in [-0.39, 0.29) is 5.91 Å². The van der Waals surface area contributed by atoms with E-state index in [2.05, 4.69) is 28.0 Å². The Kier molecular flexibility index (Phi) is 5.37. The Balaban J connectivity index is 1.41. The van der Waals surface area contributed by atoms with Crippen LogP contribution in [0.2, 0.25) is 0 Å². The zero-order valence-corrected chi connectivity index (χ0v) is 15.2. The molecule has 2 aliphatic heterocycles. The number of nitrogens with zero attached hydrogens (tertiary/aromatic N) is 2. The number of ether oxygens (including phenoxy) is 1. The molecular weight excluding hydrogens is 312 g/mol. The zero-order chi connectivity index (χ0) is 17.1. The number of benzene rings is 1. The maximum absolute atomic E-state index is 13.2. The number of rotatable bonds is 4. The van der Waals surface area contributed by atoms with Crippen molar-refractivity contribution in [1.29, 1.82) is 0 Å². The normalized spacial score (nSPS) is 24.3. The number of morpholine rings is 1. The van der Waals surface area contributed by atoms with Crippen LogP contribution in [0.1, 0.15) is 53.6 Å². The van der Waals surface area contributed by atoms with Crippen molar-refractivity contribution in [2.24, 2.45) is 0 Å². The summed E-state index contributed by atoms with van der Waals surface area (Å²) in [5, 5.41) is 0. The van der Waals surface area contributed by atoms with Gasteiger partial charge in [0.1, 0.15) is 0 Å². The first-order valence-electron chi connectivity index (χ1n) is 10.0. The molecule has 4 rings (SSSR count). The fraction of sp³-hybridized carbons (Fsp3) is 0.667. The number of fused-ring (bicyclic) bond motifs is 1. The number of piperidine rings is 1. The van der Waals surface area contributed by atoms with Gasteiger partial charge in [0.25, 0.3) is 5.91 Å². The second-order valence-corrected chi connectivity index (χ2v) is 7.73. The van der Waals surface area contributed by atoms with E-state index in [1.54, 1.807) is 0 Å². The highest BCUT2D eigenvalue weighted by atomic mass is 16.5. The number of carbonyl (C=O) groups is 1. The lowest BCUT2D eigenvalue weighted by molar-refractivity contribution is 0.0295. The largest absolute Gasteiger partial charge is 0.379 e. The third-order valence-corrected chi connectivity index (χ3v) is 6.12. The van der Waals surface area contributed by atoms with Gasteiger partial charge in [-0.3, -0.25) is 9.69 Å². The fourth-order valence-electron chi connectivity index (χ4n) is 4.60. The third kappa shape index (κ3) is 3.90. The van der Waals surface area contributed by atoms with Crippen molar-refractivity contribution in [2.45, 2.75) is 51.0 Å². The van der Waals surface area contributed by atoms with Crippen LogP contribution in [0.5, 0.6) is 0 Å². The van der Waals surface area contributed by atoms with Crippen LogP contribution in [0.25, 0.3) is 0 Å². The number of aryl methyl sites for hydroxylation is 2. The van der Waals surface area contributed by atoms with Gasteiger partial charge in [-0.05, 0) is 68.2 Å². The average molecular weight is 342 g/mol. The van der Waals surface area contributed by atoms with Gasteiger partial charge in [-0.25, -0.2) is 0 Å². The van der Waals surface area contributed by atoms with E-state index in [0.29, 0.717) is 6.04 Å². The quantitative estimate of drug-likeness (QED) is 0.843. The van der Waals surface area contributed by atoms with Gasteiger partial charge < -0.3 is 9.64 Å². The second-order valence-electron chi connectivity index (χ2n) is 7.73. The van der Waals surface area contributed by atoms with E-state index in [1.807, 2.05) is 0 Å². The van der Waals surface area contributed by atoms with Crippen molar-refractivity contribution in [3.63, 3.8) is 0 Å². The lowest BCUT2D eigenvalue weighted by atomic mass is 9.97. The standard InChI is InChI=1S/C21H30N2O2/c24-21(19-8-7-17-4-3-5-18(17)16-19)23-10-2-1-6-20(23)9-11-22-12-14-25-15-13-22/h7-8,16,20H,1-6,9-15H2/t20-/m1/s1. The first kappa shape index (κ1) is 17.0. The summed E-state index contributed by atoms with van der Waals surface area (Å²) in [6, 6.07) is 6.80. The summed E-state index contributed by atoms with van der Waals surface area (Å²) < 4.78 is 5.44. The Bertz CT molecular complexity index is 610. The summed E-state index contributed by atoms with van der Waals surface area (Å²) in [6.07, 6.45) is 8.19. The lowest BCUT2D eigenvalue weighted by Gasteiger charge is -2.37. The van der Waals surface area contributed by atoms with Gasteiger partial charge >= 0.3 is 0 Å². The highest BCUT2D eigenvalue weighted by Crippen LogP contribution is 2.26. The maximum Gasteiger partial charge on any atom is 0.254 e. The van der Waals surface area contributed by atoms with Crippen molar-refractivity contribution in [3.8, 4) is 0 Å².